The van der Waals surface area contributed by atoms with Gasteiger partial charge in [0.05, 0.1) is 11.6 Å². The maximum Gasteiger partial charge on any atom is 0.209 e. The van der Waals surface area contributed by atoms with E-state index in [1.54, 1.807) is 6.07 Å². The van der Waals surface area contributed by atoms with Crippen LogP contribution in [0.2, 0.25) is 5.02 Å². The minimum absolute atomic E-state index is 0.412. The van der Waals surface area contributed by atoms with Crippen LogP contribution in [0.4, 0.5) is 0 Å². The third-order valence-electron chi connectivity index (χ3n) is 2.07. The quantitative estimate of drug-likeness (QED) is 0.871. The molecular formula is C11H13ClN2O. The lowest BCUT2D eigenvalue weighted by molar-refractivity contribution is 0.473. The summed E-state index contributed by atoms with van der Waals surface area (Å²) in [5, 5.41) is 3.85. The highest BCUT2D eigenvalue weighted by molar-refractivity contribution is 6.34. The molecule has 80 valence electrons. The molecule has 0 aliphatic heterocycles. The van der Waals surface area contributed by atoms with Crippen molar-refractivity contribution in [3.8, 4) is 0 Å². The summed E-state index contributed by atoms with van der Waals surface area (Å²) in [6, 6.07) is 5.97. The average Bonchev–Trinajstić information content (AvgIpc) is 2.59. The van der Waals surface area contributed by atoms with Crippen LogP contribution in [-0.4, -0.2) is 11.0 Å². The van der Waals surface area contributed by atoms with Crippen molar-refractivity contribution in [3.05, 3.63) is 29.1 Å². The predicted molar refractivity (Wildman–Crippen MR) is 61.0 cm³/mol. The molecule has 0 radical (unpaired) electrons. The molecule has 0 aliphatic rings. The molecule has 2 rings (SSSR count). The molecule has 1 aromatic carbocycles. The average molecular weight is 225 g/mol. The van der Waals surface area contributed by atoms with Crippen molar-refractivity contribution in [1.29, 1.82) is 0 Å². The summed E-state index contributed by atoms with van der Waals surface area (Å²) in [4.78, 5) is 4.33. The summed E-state index contributed by atoms with van der Waals surface area (Å²) in [5.74, 6) is 0.673. The maximum absolute atomic E-state index is 5.98. The van der Waals surface area contributed by atoms with Gasteiger partial charge < -0.3 is 9.73 Å². The van der Waals surface area contributed by atoms with E-state index in [4.69, 9.17) is 16.0 Å². The molecular weight excluding hydrogens is 212 g/mol. The molecule has 2 aromatic rings. The number of halogens is 1. The van der Waals surface area contributed by atoms with E-state index in [1.807, 2.05) is 12.1 Å². The van der Waals surface area contributed by atoms with Crippen LogP contribution in [0.5, 0.6) is 0 Å². The lowest BCUT2D eigenvalue weighted by Crippen LogP contribution is -2.21. The minimum Gasteiger partial charge on any atom is -0.438 e. The summed E-state index contributed by atoms with van der Waals surface area (Å²) in [6.07, 6.45) is 0. The van der Waals surface area contributed by atoms with Crippen LogP contribution in [-0.2, 0) is 6.54 Å². The molecule has 15 heavy (non-hydrogen) atoms. The maximum atomic E-state index is 5.98. The smallest absolute Gasteiger partial charge is 0.209 e. The SMILES string of the molecule is CC(C)NCc1nc2cccc(Cl)c2o1. The van der Waals surface area contributed by atoms with Crippen molar-refractivity contribution in [1.82, 2.24) is 10.3 Å². The Hall–Kier alpha value is -1.06. The van der Waals surface area contributed by atoms with Crippen LogP contribution in [0.3, 0.4) is 0 Å². The van der Waals surface area contributed by atoms with Gasteiger partial charge in [-0.3, -0.25) is 0 Å². The highest BCUT2D eigenvalue weighted by Crippen LogP contribution is 2.23. The van der Waals surface area contributed by atoms with E-state index in [9.17, 15) is 0 Å². The standard InChI is InChI=1S/C11H13ClN2O/c1-7(2)13-6-10-14-9-5-3-4-8(12)11(9)15-10/h3-5,7,13H,6H2,1-2H3. The number of rotatable bonds is 3. The number of benzene rings is 1. The number of fused-ring (bicyclic) bond motifs is 1. The number of oxazole rings is 1. The molecule has 0 unspecified atom stereocenters. The van der Waals surface area contributed by atoms with E-state index < -0.39 is 0 Å². The Morgan fingerprint density at radius 1 is 1.47 bits per heavy atom. The van der Waals surface area contributed by atoms with E-state index in [0.717, 1.165) is 5.52 Å². The molecule has 4 heteroatoms. The lowest BCUT2D eigenvalue weighted by atomic mass is 10.3. The minimum atomic E-state index is 0.412. The zero-order valence-corrected chi connectivity index (χ0v) is 9.51. The molecule has 3 nitrogen and oxygen atoms in total. The first-order chi connectivity index (χ1) is 7.16. The van der Waals surface area contributed by atoms with Gasteiger partial charge in [0.15, 0.2) is 5.58 Å². The van der Waals surface area contributed by atoms with Crippen molar-refractivity contribution in [3.63, 3.8) is 0 Å². The second-order valence-corrected chi connectivity index (χ2v) is 4.14. The van der Waals surface area contributed by atoms with Gasteiger partial charge >= 0.3 is 0 Å². The fourth-order valence-corrected chi connectivity index (χ4v) is 1.54. The molecule has 0 atom stereocenters. The van der Waals surface area contributed by atoms with Crippen LogP contribution in [0, 0.1) is 0 Å². The normalized spacial score (nSPS) is 11.5. The fraction of sp³-hybridized carbons (Fsp3) is 0.364. The van der Waals surface area contributed by atoms with Gasteiger partial charge in [-0.05, 0) is 12.1 Å². The first kappa shape index (κ1) is 10.5. The molecule has 0 saturated carbocycles. The Morgan fingerprint density at radius 3 is 2.93 bits per heavy atom. The van der Waals surface area contributed by atoms with Gasteiger partial charge in [-0.25, -0.2) is 4.98 Å². The number of nitrogens with one attached hydrogen (secondary N) is 1. The second kappa shape index (κ2) is 4.21. The number of aromatic nitrogens is 1. The third-order valence-corrected chi connectivity index (χ3v) is 2.37. The van der Waals surface area contributed by atoms with Crippen molar-refractivity contribution < 1.29 is 4.42 Å². The van der Waals surface area contributed by atoms with Gasteiger partial charge in [-0.2, -0.15) is 0 Å². The van der Waals surface area contributed by atoms with E-state index in [1.165, 1.54) is 0 Å². The molecule has 0 spiro atoms. The van der Waals surface area contributed by atoms with Gasteiger partial charge in [0, 0.05) is 6.04 Å². The first-order valence-corrected chi connectivity index (χ1v) is 5.32. The van der Waals surface area contributed by atoms with Crippen LogP contribution in [0.1, 0.15) is 19.7 Å². The van der Waals surface area contributed by atoms with Crippen LogP contribution in [0.25, 0.3) is 11.1 Å². The molecule has 0 aliphatic carbocycles. The molecule has 1 aromatic heterocycles. The first-order valence-electron chi connectivity index (χ1n) is 4.94. The van der Waals surface area contributed by atoms with E-state index in [2.05, 4.69) is 24.1 Å². The van der Waals surface area contributed by atoms with Crippen molar-refractivity contribution in [2.75, 3.05) is 0 Å². The second-order valence-electron chi connectivity index (χ2n) is 3.73. The van der Waals surface area contributed by atoms with Crippen LogP contribution in [0.15, 0.2) is 22.6 Å². The Balaban J connectivity index is 2.27. The molecule has 0 fully saturated rings. The monoisotopic (exact) mass is 224 g/mol. The third kappa shape index (κ3) is 2.30. The van der Waals surface area contributed by atoms with E-state index >= 15 is 0 Å². The summed E-state index contributed by atoms with van der Waals surface area (Å²) in [7, 11) is 0. The summed E-state index contributed by atoms with van der Waals surface area (Å²) < 4.78 is 5.54. The Morgan fingerprint density at radius 2 is 2.27 bits per heavy atom. The topological polar surface area (TPSA) is 38.1 Å². The zero-order valence-electron chi connectivity index (χ0n) is 8.75. The van der Waals surface area contributed by atoms with Gasteiger partial charge in [0.25, 0.3) is 0 Å². The van der Waals surface area contributed by atoms with Gasteiger partial charge in [0.1, 0.15) is 5.52 Å². The Bertz CT molecular complexity index is 465. The van der Waals surface area contributed by atoms with Crippen LogP contribution < -0.4 is 5.32 Å². The number of hydrogen-bond donors (Lipinski definition) is 1. The predicted octanol–water partition coefficient (Wildman–Crippen LogP) is 2.98. The van der Waals surface area contributed by atoms with Crippen molar-refractivity contribution in [2.24, 2.45) is 0 Å². The van der Waals surface area contributed by atoms with E-state index in [0.29, 0.717) is 29.1 Å². The number of para-hydroxylation sites is 1. The zero-order chi connectivity index (χ0) is 10.8. The molecule has 0 bridgehead atoms. The van der Waals surface area contributed by atoms with Crippen molar-refractivity contribution >= 4 is 22.7 Å². The van der Waals surface area contributed by atoms with Crippen molar-refractivity contribution in [2.45, 2.75) is 26.4 Å². The van der Waals surface area contributed by atoms with E-state index in [-0.39, 0.29) is 0 Å². The highest BCUT2D eigenvalue weighted by atomic mass is 35.5. The largest absolute Gasteiger partial charge is 0.438 e. The fourth-order valence-electron chi connectivity index (χ4n) is 1.33. The summed E-state index contributed by atoms with van der Waals surface area (Å²) >= 11 is 5.98. The lowest BCUT2D eigenvalue weighted by Gasteiger charge is -2.03. The van der Waals surface area contributed by atoms with Gasteiger partial charge in [-0.15, -0.1) is 0 Å². The highest BCUT2D eigenvalue weighted by Gasteiger charge is 2.08. The molecule has 1 heterocycles. The van der Waals surface area contributed by atoms with Gasteiger partial charge in [-0.1, -0.05) is 31.5 Å². The summed E-state index contributed by atoms with van der Waals surface area (Å²) in [6.45, 7) is 4.79. The van der Waals surface area contributed by atoms with Gasteiger partial charge in [0.2, 0.25) is 5.89 Å². The Kier molecular flexibility index (Phi) is 2.93. The number of nitrogens with zero attached hydrogens (tertiary/aromatic N) is 1. The molecule has 0 saturated heterocycles. The molecule has 1 N–H and O–H groups in total. The molecule has 0 amide bonds. The Labute approximate surface area is 93.4 Å². The van der Waals surface area contributed by atoms with Crippen LogP contribution >= 0.6 is 11.6 Å². The summed E-state index contributed by atoms with van der Waals surface area (Å²) in [5.41, 5.74) is 1.47. The number of hydrogen-bond acceptors (Lipinski definition) is 3.